The van der Waals surface area contributed by atoms with Gasteiger partial charge in [-0.3, -0.25) is 0 Å². The second-order valence-electron chi connectivity index (χ2n) is 16.8. The molecule has 13 aromatic rings. The number of benzene rings is 11. The van der Waals surface area contributed by atoms with Crippen molar-refractivity contribution in [2.75, 3.05) is 4.90 Å². The molecule has 0 aliphatic carbocycles. The Balaban J connectivity index is 0.980. The Labute approximate surface area is 380 Å². The van der Waals surface area contributed by atoms with E-state index in [1.165, 1.54) is 75.1 Å². The number of anilines is 3. The molecule has 0 bridgehead atoms. The van der Waals surface area contributed by atoms with Gasteiger partial charge in [0.25, 0.3) is 0 Å². The summed E-state index contributed by atoms with van der Waals surface area (Å²) in [6.45, 7) is 0. The predicted molar refractivity (Wildman–Crippen MR) is 278 cm³/mol. The average Bonchev–Trinajstić information content (AvgIpc) is 3.96. The van der Waals surface area contributed by atoms with Crippen LogP contribution in [0.1, 0.15) is 0 Å². The highest BCUT2D eigenvalue weighted by molar-refractivity contribution is 7.26. The molecule has 65 heavy (non-hydrogen) atoms. The zero-order valence-electron chi connectivity index (χ0n) is 35.3. The van der Waals surface area contributed by atoms with E-state index in [0.29, 0.717) is 0 Å². The summed E-state index contributed by atoms with van der Waals surface area (Å²) in [6, 6.07) is 85.8. The molecule has 3 heteroatoms. The molecule has 2 aromatic heterocycles. The first-order valence-corrected chi connectivity index (χ1v) is 23.0. The van der Waals surface area contributed by atoms with Crippen LogP contribution >= 0.6 is 11.3 Å². The van der Waals surface area contributed by atoms with E-state index >= 15 is 0 Å². The highest BCUT2D eigenvalue weighted by Gasteiger charge is 2.24. The minimum Gasteiger partial charge on any atom is -0.455 e. The van der Waals surface area contributed by atoms with Crippen molar-refractivity contribution >= 4 is 92.1 Å². The lowest BCUT2D eigenvalue weighted by Crippen LogP contribution is -2.11. The fourth-order valence-corrected chi connectivity index (χ4v) is 11.2. The third-order valence-electron chi connectivity index (χ3n) is 13.1. The Hall–Kier alpha value is -8.24. The predicted octanol–water partition coefficient (Wildman–Crippen LogP) is 18.4. The van der Waals surface area contributed by atoms with Crippen LogP contribution in [0.2, 0.25) is 0 Å². The Bertz CT molecular complexity index is 3920. The quantitative estimate of drug-likeness (QED) is 0.149. The molecule has 0 amide bonds. The van der Waals surface area contributed by atoms with E-state index < -0.39 is 0 Å². The lowest BCUT2D eigenvalue weighted by Gasteiger charge is -2.28. The maximum atomic E-state index is 6.90. The minimum absolute atomic E-state index is 0.865. The first kappa shape index (κ1) is 37.3. The first-order valence-electron chi connectivity index (χ1n) is 22.2. The monoisotopic (exact) mass is 845 g/mol. The second-order valence-corrected chi connectivity index (χ2v) is 17.8. The van der Waals surface area contributed by atoms with Gasteiger partial charge < -0.3 is 9.32 Å². The second kappa shape index (κ2) is 15.2. The lowest BCUT2D eigenvalue weighted by molar-refractivity contribution is 0.670. The van der Waals surface area contributed by atoms with Crippen LogP contribution in [0.3, 0.4) is 0 Å². The van der Waals surface area contributed by atoms with Crippen molar-refractivity contribution in [3.8, 4) is 44.5 Å². The Kier molecular flexibility index (Phi) is 8.75. The molecule has 2 nitrogen and oxygen atoms in total. The summed E-state index contributed by atoms with van der Waals surface area (Å²) in [5.74, 6) is 0. The fourth-order valence-electron chi connectivity index (χ4n) is 9.95. The molecule has 0 fully saturated rings. The van der Waals surface area contributed by atoms with Crippen LogP contribution in [-0.2, 0) is 0 Å². The van der Waals surface area contributed by atoms with Gasteiger partial charge in [0.1, 0.15) is 11.2 Å². The molecular weight excluding hydrogens is 807 g/mol. The topological polar surface area (TPSA) is 16.4 Å². The molecule has 0 radical (unpaired) electrons. The summed E-state index contributed by atoms with van der Waals surface area (Å²) in [7, 11) is 0. The van der Waals surface area contributed by atoms with Crippen LogP contribution < -0.4 is 4.90 Å². The summed E-state index contributed by atoms with van der Waals surface area (Å²) < 4.78 is 9.52. The molecule has 0 saturated heterocycles. The molecule has 0 N–H and O–H groups in total. The van der Waals surface area contributed by atoms with Crippen molar-refractivity contribution in [3.05, 3.63) is 237 Å². The standard InChI is InChI=1S/C62H39NOS/c1-3-13-40(14-4-1)41-25-27-45(28-26-41)49-37-38-57(60-55-19-9-10-24-58(55)64-61(49)60)63(56-23-12-21-51-48-18-8-7-17-44(48)31-35-52(51)56)47-33-29-42(30-34-47)46-32-36-53-54-22-11-20-50(43-15-5-2-6-16-43)62(54)65-59(53)39-46/h1-39H. The zero-order chi connectivity index (χ0) is 42.8. The van der Waals surface area contributed by atoms with Crippen LogP contribution in [-0.4, -0.2) is 0 Å². The van der Waals surface area contributed by atoms with Gasteiger partial charge >= 0.3 is 0 Å². The van der Waals surface area contributed by atoms with Crippen molar-refractivity contribution in [1.82, 2.24) is 0 Å². The van der Waals surface area contributed by atoms with E-state index in [9.17, 15) is 0 Å². The number of rotatable bonds is 7. The number of hydrogen-bond donors (Lipinski definition) is 0. The summed E-state index contributed by atoms with van der Waals surface area (Å²) in [6.07, 6.45) is 0. The largest absolute Gasteiger partial charge is 0.455 e. The summed E-state index contributed by atoms with van der Waals surface area (Å²) >= 11 is 1.88. The van der Waals surface area contributed by atoms with Crippen LogP contribution in [0.5, 0.6) is 0 Å². The van der Waals surface area contributed by atoms with E-state index in [4.69, 9.17) is 4.42 Å². The maximum absolute atomic E-state index is 6.90. The number of fused-ring (bicyclic) bond motifs is 9. The molecule has 0 spiro atoms. The SMILES string of the molecule is c1ccc(-c2ccc(-c3ccc(N(c4ccc(-c5ccc6c(c5)sc5c(-c7ccccc7)cccc56)cc4)c4cccc5c4ccc4ccccc45)c4c3oc3ccccc34)cc2)cc1. The Morgan fingerprint density at radius 3 is 1.77 bits per heavy atom. The van der Waals surface area contributed by atoms with Crippen molar-refractivity contribution in [3.63, 3.8) is 0 Å². The van der Waals surface area contributed by atoms with Crippen LogP contribution in [0.25, 0.3) is 108 Å². The molecule has 304 valence electrons. The van der Waals surface area contributed by atoms with E-state index in [2.05, 4.69) is 241 Å². The van der Waals surface area contributed by atoms with Gasteiger partial charge in [0.15, 0.2) is 0 Å². The third-order valence-corrected chi connectivity index (χ3v) is 14.3. The summed E-state index contributed by atoms with van der Waals surface area (Å²) in [5, 5.41) is 9.63. The number of nitrogens with zero attached hydrogens (tertiary/aromatic N) is 1. The van der Waals surface area contributed by atoms with Crippen molar-refractivity contribution in [2.24, 2.45) is 0 Å². The van der Waals surface area contributed by atoms with Gasteiger partial charge in [0.05, 0.1) is 16.8 Å². The van der Waals surface area contributed by atoms with Gasteiger partial charge in [-0.05, 0) is 97.6 Å². The van der Waals surface area contributed by atoms with E-state index in [1.807, 2.05) is 11.3 Å². The minimum atomic E-state index is 0.865. The number of para-hydroxylation sites is 1. The van der Waals surface area contributed by atoms with Gasteiger partial charge in [0, 0.05) is 42.2 Å². The Morgan fingerprint density at radius 1 is 0.338 bits per heavy atom. The van der Waals surface area contributed by atoms with Gasteiger partial charge in [-0.25, -0.2) is 0 Å². The van der Waals surface area contributed by atoms with Gasteiger partial charge in [0.2, 0.25) is 0 Å². The third kappa shape index (κ3) is 6.24. The van der Waals surface area contributed by atoms with E-state index in [0.717, 1.165) is 50.1 Å². The lowest BCUT2D eigenvalue weighted by atomic mass is 9.96. The molecule has 0 atom stereocenters. The molecule has 0 unspecified atom stereocenters. The van der Waals surface area contributed by atoms with Crippen molar-refractivity contribution < 1.29 is 4.42 Å². The molecule has 0 aliphatic rings. The van der Waals surface area contributed by atoms with Crippen LogP contribution in [0, 0.1) is 0 Å². The number of thiophene rings is 1. The maximum Gasteiger partial charge on any atom is 0.145 e. The molecule has 0 aliphatic heterocycles. The smallest absolute Gasteiger partial charge is 0.145 e. The van der Waals surface area contributed by atoms with E-state index in [-0.39, 0.29) is 0 Å². The summed E-state index contributed by atoms with van der Waals surface area (Å²) in [4.78, 5) is 2.44. The van der Waals surface area contributed by atoms with Crippen LogP contribution in [0.15, 0.2) is 241 Å². The molecule has 2 heterocycles. The average molecular weight is 846 g/mol. The molecule has 13 rings (SSSR count). The van der Waals surface area contributed by atoms with Crippen molar-refractivity contribution in [2.45, 2.75) is 0 Å². The molecule has 11 aromatic carbocycles. The first-order chi connectivity index (χ1) is 32.2. The van der Waals surface area contributed by atoms with Gasteiger partial charge in [-0.15, -0.1) is 11.3 Å². The fraction of sp³-hybridized carbons (Fsp3) is 0. The zero-order valence-corrected chi connectivity index (χ0v) is 36.1. The number of furan rings is 1. The van der Waals surface area contributed by atoms with Gasteiger partial charge in [-0.2, -0.15) is 0 Å². The van der Waals surface area contributed by atoms with Crippen molar-refractivity contribution in [1.29, 1.82) is 0 Å². The highest BCUT2D eigenvalue weighted by atomic mass is 32.1. The summed E-state index contributed by atoms with van der Waals surface area (Å²) in [5.41, 5.74) is 14.4. The van der Waals surface area contributed by atoms with E-state index in [1.54, 1.807) is 0 Å². The molecule has 0 saturated carbocycles. The highest BCUT2D eigenvalue weighted by Crippen LogP contribution is 2.49. The number of hydrogen-bond acceptors (Lipinski definition) is 3. The Morgan fingerprint density at radius 2 is 0.938 bits per heavy atom. The van der Waals surface area contributed by atoms with Crippen LogP contribution in [0.4, 0.5) is 17.1 Å². The molecular formula is C62H39NOS. The normalized spacial score (nSPS) is 11.7. The van der Waals surface area contributed by atoms with Gasteiger partial charge in [-0.1, -0.05) is 194 Å².